The van der Waals surface area contributed by atoms with Crippen molar-refractivity contribution in [2.24, 2.45) is 0 Å². The second-order valence-corrected chi connectivity index (χ2v) is 6.02. The van der Waals surface area contributed by atoms with E-state index in [4.69, 9.17) is 0 Å². The summed E-state index contributed by atoms with van der Waals surface area (Å²) in [7, 11) is 0. The molecular formula is C18H22N4O5. The van der Waals surface area contributed by atoms with E-state index in [1.165, 1.54) is 41.5 Å². The molecule has 9 heteroatoms. The number of nitro benzene ring substituents is 1. The third-order valence-electron chi connectivity index (χ3n) is 3.93. The van der Waals surface area contributed by atoms with E-state index in [1.807, 2.05) is 0 Å². The van der Waals surface area contributed by atoms with Crippen LogP contribution in [0, 0.1) is 10.1 Å². The summed E-state index contributed by atoms with van der Waals surface area (Å²) >= 11 is 0. The molecule has 2 amide bonds. The molecule has 27 heavy (non-hydrogen) atoms. The molecule has 1 heterocycles. The third-order valence-corrected chi connectivity index (χ3v) is 3.93. The average molecular weight is 374 g/mol. The molecule has 0 unspecified atom stereocenters. The Labute approximate surface area is 156 Å². The second-order valence-electron chi connectivity index (χ2n) is 6.02. The summed E-state index contributed by atoms with van der Waals surface area (Å²) in [5.41, 5.74) is 0.204. The van der Waals surface area contributed by atoms with Gasteiger partial charge in [-0.25, -0.2) is 0 Å². The van der Waals surface area contributed by atoms with Gasteiger partial charge in [-0.05, 0) is 18.6 Å². The summed E-state index contributed by atoms with van der Waals surface area (Å²) in [6.45, 7) is 2.36. The van der Waals surface area contributed by atoms with Crippen LogP contribution in [0.4, 0.5) is 11.5 Å². The Morgan fingerprint density at radius 3 is 2.52 bits per heavy atom. The molecule has 1 aromatic carbocycles. The smallest absolute Gasteiger partial charge is 0.269 e. The number of amides is 2. The topological polar surface area (TPSA) is 119 Å². The van der Waals surface area contributed by atoms with Gasteiger partial charge >= 0.3 is 0 Å². The van der Waals surface area contributed by atoms with Crippen LogP contribution in [0.15, 0.2) is 41.1 Å². The van der Waals surface area contributed by atoms with Gasteiger partial charge in [-0.15, -0.1) is 0 Å². The minimum atomic E-state index is -0.526. The lowest BCUT2D eigenvalue weighted by Gasteiger charge is -2.22. The number of benzene rings is 1. The second kappa shape index (κ2) is 10.0. The van der Waals surface area contributed by atoms with Crippen LogP contribution in [-0.2, 0) is 4.79 Å². The first-order valence-corrected chi connectivity index (χ1v) is 8.75. The molecule has 0 saturated carbocycles. The predicted octanol–water partition coefficient (Wildman–Crippen LogP) is 3.24. The van der Waals surface area contributed by atoms with Crippen LogP contribution >= 0.6 is 0 Å². The van der Waals surface area contributed by atoms with E-state index in [1.54, 1.807) is 0 Å². The predicted molar refractivity (Wildman–Crippen MR) is 98.3 cm³/mol. The number of nitrogens with one attached hydrogen (secondary N) is 1. The molecule has 2 rings (SSSR count). The van der Waals surface area contributed by atoms with Crippen molar-refractivity contribution in [3.8, 4) is 0 Å². The van der Waals surface area contributed by atoms with Gasteiger partial charge in [-0.2, -0.15) is 0 Å². The number of nitrogens with zero attached hydrogens (tertiary/aromatic N) is 3. The maximum absolute atomic E-state index is 12.8. The molecule has 1 N–H and O–H groups in total. The molecule has 144 valence electrons. The molecule has 0 spiro atoms. The van der Waals surface area contributed by atoms with Gasteiger partial charge in [0.1, 0.15) is 12.8 Å². The zero-order valence-electron chi connectivity index (χ0n) is 15.1. The van der Waals surface area contributed by atoms with Gasteiger partial charge in [0.05, 0.1) is 4.92 Å². The quantitative estimate of drug-likeness (QED) is 0.387. The molecule has 0 bridgehead atoms. The number of hydrogen-bond donors (Lipinski definition) is 1. The SMILES string of the molecule is CCCCCCN(CC(=O)Nc1ccon1)C(=O)c1ccc([N+](=O)[O-])cc1. The van der Waals surface area contributed by atoms with Gasteiger partial charge in [-0.1, -0.05) is 31.3 Å². The summed E-state index contributed by atoms with van der Waals surface area (Å²) in [6.07, 6.45) is 5.16. The van der Waals surface area contributed by atoms with Crippen molar-refractivity contribution in [3.05, 3.63) is 52.3 Å². The van der Waals surface area contributed by atoms with Gasteiger partial charge in [0.25, 0.3) is 11.6 Å². The standard InChI is InChI=1S/C18H22N4O5/c1-2-3-4-5-11-21(13-17(23)19-16-10-12-27-20-16)18(24)14-6-8-15(9-7-14)22(25)26/h6-10,12H,2-5,11,13H2,1H3,(H,19,20,23). The fourth-order valence-corrected chi connectivity index (χ4v) is 2.52. The third kappa shape index (κ3) is 6.21. The summed E-state index contributed by atoms with van der Waals surface area (Å²) < 4.78 is 4.66. The number of nitro groups is 1. The lowest BCUT2D eigenvalue weighted by Crippen LogP contribution is -2.38. The van der Waals surface area contributed by atoms with Crippen molar-refractivity contribution in [2.45, 2.75) is 32.6 Å². The Kier molecular flexibility index (Phi) is 7.48. The maximum Gasteiger partial charge on any atom is 0.269 e. The van der Waals surface area contributed by atoms with Crippen LogP contribution in [0.25, 0.3) is 0 Å². The number of carbonyl (C=O) groups is 2. The summed E-state index contributed by atoms with van der Waals surface area (Å²) in [5, 5.41) is 16.9. The number of rotatable bonds is 10. The highest BCUT2D eigenvalue weighted by Crippen LogP contribution is 2.14. The largest absolute Gasteiger partial charge is 0.363 e. The molecule has 0 saturated heterocycles. The van der Waals surface area contributed by atoms with Crippen molar-refractivity contribution in [3.63, 3.8) is 0 Å². The van der Waals surface area contributed by atoms with Gasteiger partial charge in [0.15, 0.2) is 5.82 Å². The molecule has 0 fully saturated rings. The molecule has 0 aliphatic heterocycles. The normalized spacial score (nSPS) is 10.4. The first-order valence-electron chi connectivity index (χ1n) is 8.75. The molecule has 1 aromatic heterocycles. The number of non-ortho nitro benzene ring substituents is 1. The Morgan fingerprint density at radius 2 is 1.93 bits per heavy atom. The highest BCUT2D eigenvalue weighted by Gasteiger charge is 2.20. The summed E-state index contributed by atoms with van der Waals surface area (Å²) in [4.78, 5) is 36.7. The first kappa shape index (κ1) is 20.1. The highest BCUT2D eigenvalue weighted by atomic mass is 16.6. The number of unbranched alkanes of at least 4 members (excludes halogenated alkanes) is 3. The van der Waals surface area contributed by atoms with Gasteiger partial charge in [-0.3, -0.25) is 19.7 Å². The molecule has 0 radical (unpaired) electrons. The molecule has 9 nitrogen and oxygen atoms in total. The minimum Gasteiger partial charge on any atom is -0.363 e. The van der Waals surface area contributed by atoms with Gasteiger partial charge < -0.3 is 14.7 Å². The molecule has 0 aliphatic rings. The average Bonchev–Trinajstić information content (AvgIpc) is 3.16. The fourth-order valence-electron chi connectivity index (χ4n) is 2.52. The Morgan fingerprint density at radius 1 is 1.19 bits per heavy atom. The van der Waals surface area contributed by atoms with E-state index in [0.717, 1.165) is 25.7 Å². The van der Waals surface area contributed by atoms with Crippen molar-refractivity contribution in [1.29, 1.82) is 0 Å². The lowest BCUT2D eigenvalue weighted by atomic mass is 10.1. The van der Waals surface area contributed by atoms with E-state index in [9.17, 15) is 19.7 Å². The molecule has 0 atom stereocenters. The summed E-state index contributed by atoms with van der Waals surface area (Å²) in [5.74, 6) is -0.472. The van der Waals surface area contributed by atoms with Gasteiger partial charge in [0.2, 0.25) is 5.91 Å². The maximum atomic E-state index is 12.8. The number of anilines is 1. The molecule has 0 aliphatic carbocycles. The van der Waals surface area contributed by atoms with E-state index in [2.05, 4.69) is 21.9 Å². The van der Waals surface area contributed by atoms with Crippen molar-refractivity contribution < 1.29 is 19.0 Å². The Hall–Kier alpha value is -3.23. The van der Waals surface area contributed by atoms with Crippen LogP contribution in [0.2, 0.25) is 0 Å². The number of aromatic nitrogens is 1. The fraction of sp³-hybridized carbons (Fsp3) is 0.389. The Bertz CT molecular complexity index is 759. The first-order chi connectivity index (χ1) is 13.0. The summed E-state index contributed by atoms with van der Waals surface area (Å²) in [6, 6.07) is 6.85. The van der Waals surface area contributed by atoms with Crippen molar-refractivity contribution >= 4 is 23.3 Å². The van der Waals surface area contributed by atoms with Crippen LogP contribution in [0.5, 0.6) is 0 Å². The number of hydrogen-bond acceptors (Lipinski definition) is 6. The van der Waals surface area contributed by atoms with E-state index < -0.39 is 10.8 Å². The van der Waals surface area contributed by atoms with Crippen molar-refractivity contribution in [1.82, 2.24) is 10.1 Å². The lowest BCUT2D eigenvalue weighted by molar-refractivity contribution is -0.384. The van der Waals surface area contributed by atoms with E-state index >= 15 is 0 Å². The van der Waals surface area contributed by atoms with Crippen LogP contribution < -0.4 is 5.32 Å². The zero-order chi connectivity index (χ0) is 19.6. The van der Waals surface area contributed by atoms with Crippen LogP contribution in [0.1, 0.15) is 43.0 Å². The van der Waals surface area contributed by atoms with Crippen molar-refractivity contribution in [2.75, 3.05) is 18.4 Å². The minimum absolute atomic E-state index is 0.0928. The van der Waals surface area contributed by atoms with Crippen LogP contribution in [-0.4, -0.2) is 39.9 Å². The molecular weight excluding hydrogens is 352 g/mol. The van der Waals surface area contributed by atoms with E-state index in [0.29, 0.717) is 12.1 Å². The molecule has 2 aromatic rings. The monoisotopic (exact) mass is 374 g/mol. The zero-order valence-corrected chi connectivity index (χ0v) is 15.1. The van der Waals surface area contributed by atoms with Crippen LogP contribution in [0.3, 0.4) is 0 Å². The number of carbonyl (C=O) groups excluding carboxylic acids is 2. The van der Waals surface area contributed by atoms with Gasteiger partial charge in [0, 0.05) is 30.3 Å². The Balaban J connectivity index is 2.06. The highest BCUT2D eigenvalue weighted by molar-refractivity contribution is 5.99. The van der Waals surface area contributed by atoms with E-state index in [-0.39, 0.29) is 24.0 Å².